The van der Waals surface area contributed by atoms with Gasteiger partial charge in [-0.05, 0) is 24.3 Å². The first-order valence-electron chi connectivity index (χ1n) is 9.33. The number of rotatable bonds is 7. The van der Waals surface area contributed by atoms with Gasteiger partial charge in [-0.2, -0.15) is 0 Å². The van der Waals surface area contributed by atoms with Crippen LogP contribution in [0.3, 0.4) is 0 Å². The summed E-state index contributed by atoms with van der Waals surface area (Å²) in [6.45, 7) is 4.42. The third-order valence-corrected chi connectivity index (χ3v) is 5.19. The minimum absolute atomic E-state index is 0.0610. The Bertz CT molecular complexity index is 809. The number of phenolic OH excluding ortho intramolecular Hbond substituents is 1. The van der Waals surface area contributed by atoms with Crippen LogP contribution in [0.2, 0.25) is 0 Å². The molecule has 0 bridgehead atoms. The molecule has 11 heteroatoms. The second-order valence-electron chi connectivity index (χ2n) is 6.68. The average molecular weight is 456 g/mol. The number of thioether (sulfide) groups is 1. The predicted octanol–water partition coefficient (Wildman–Crippen LogP) is 1.57. The largest absolute Gasteiger partial charge is 0.508 e. The van der Waals surface area contributed by atoms with Gasteiger partial charge in [0.15, 0.2) is 18.3 Å². The lowest BCUT2D eigenvalue weighted by atomic mass is 9.99. The second-order valence-corrected chi connectivity index (χ2v) is 7.85. The van der Waals surface area contributed by atoms with Gasteiger partial charge in [0, 0.05) is 32.6 Å². The number of benzene rings is 1. The fraction of sp³-hybridized carbons (Fsp3) is 0.500. The summed E-state index contributed by atoms with van der Waals surface area (Å²) in [5, 5.41) is 9.49. The molecule has 1 aliphatic rings. The van der Waals surface area contributed by atoms with Crippen LogP contribution >= 0.6 is 11.8 Å². The van der Waals surface area contributed by atoms with Gasteiger partial charge in [0.25, 0.3) is 0 Å². The van der Waals surface area contributed by atoms with Gasteiger partial charge in [-0.25, -0.2) is 0 Å². The van der Waals surface area contributed by atoms with Crippen molar-refractivity contribution < 1.29 is 48.0 Å². The van der Waals surface area contributed by atoms with Crippen molar-refractivity contribution in [2.75, 3.05) is 6.61 Å². The molecule has 0 saturated carbocycles. The van der Waals surface area contributed by atoms with E-state index in [0.717, 1.165) is 25.6 Å². The number of hydrogen-bond acceptors (Lipinski definition) is 11. The number of esters is 4. The number of aromatic hydroxyl groups is 1. The highest BCUT2D eigenvalue weighted by Crippen LogP contribution is 2.37. The first-order valence-corrected chi connectivity index (χ1v) is 10.2. The summed E-state index contributed by atoms with van der Waals surface area (Å²) < 4.78 is 27.1. The number of carbonyl (C=O) groups excluding carboxylic acids is 4. The molecule has 1 N–H and O–H groups in total. The van der Waals surface area contributed by atoms with Crippen LogP contribution in [0.15, 0.2) is 29.2 Å². The van der Waals surface area contributed by atoms with Gasteiger partial charge in [-0.1, -0.05) is 11.8 Å². The molecular weight excluding hydrogens is 432 g/mol. The van der Waals surface area contributed by atoms with Crippen LogP contribution < -0.4 is 0 Å². The van der Waals surface area contributed by atoms with E-state index in [1.54, 1.807) is 12.1 Å². The summed E-state index contributed by atoms with van der Waals surface area (Å²) in [5.74, 6) is -2.57. The number of hydrogen-bond donors (Lipinski definition) is 1. The van der Waals surface area contributed by atoms with Crippen molar-refractivity contribution in [1.29, 1.82) is 0 Å². The molecule has 1 aromatic rings. The summed E-state index contributed by atoms with van der Waals surface area (Å²) in [6, 6.07) is 6.17. The molecular formula is C20H24O10S. The van der Waals surface area contributed by atoms with Crippen LogP contribution in [0, 0.1) is 0 Å². The van der Waals surface area contributed by atoms with Crippen molar-refractivity contribution in [2.45, 2.75) is 62.4 Å². The van der Waals surface area contributed by atoms with E-state index in [2.05, 4.69) is 0 Å². The summed E-state index contributed by atoms with van der Waals surface area (Å²) in [4.78, 5) is 47.2. The maximum Gasteiger partial charge on any atom is 0.303 e. The second kappa shape index (κ2) is 11.0. The highest BCUT2D eigenvalue weighted by molar-refractivity contribution is 7.99. The molecule has 1 saturated heterocycles. The zero-order chi connectivity index (χ0) is 23.1. The fourth-order valence-corrected chi connectivity index (χ4v) is 4.05. The van der Waals surface area contributed by atoms with E-state index < -0.39 is 53.7 Å². The van der Waals surface area contributed by atoms with Gasteiger partial charge in [0.2, 0.25) is 0 Å². The molecule has 0 unspecified atom stereocenters. The maximum atomic E-state index is 11.8. The van der Waals surface area contributed by atoms with Gasteiger partial charge in [-0.15, -0.1) is 0 Å². The van der Waals surface area contributed by atoms with Crippen molar-refractivity contribution in [1.82, 2.24) is 0 Å². The Morgan fingerprint density at radius 1 is 0.839 bits per heavy atom. The first kappa shape index (κ1) is 24.5. The van der Waals surface area contributed by atoms with E-state index in [1.165, 1.54) is 26.0 Å². The molecule has 0 spiro atoms. The Hall–Kier alpha value is -2.79. The van der Waals surface area contributed by atoms with E-state index >= 15 is 0 Å². The smallest absolute Gasteiger partial charge is 0.303 e. The molecule has 31 heavy (non-hydrogen) atoms. The molecule has 0 aliphatic carbocycles. The quantitative estimate of drug-likeness (QED) is 0.473. The van der Waals surface area contributed by atoms with Crippen LogP contribution in [0.4, 0.5) is 0 Å². The summed E-state index contributed by atoms with van der Waals surface area (Å²) in [7, 11) is 0. The van der Waals surface area contributed by atoms with Crippen LogP contribution in [0.5, 0.6) is 5.75 Å². The van der Waals surface area contributed by atoms with Crippen LogP contribution in [-0.2, 0) is 42.9 Å². The average Bonchev–Trinajstić information content (AvgIpc) is 2.65. The maximum absolute atomic E-state index is 11.8. The van der Waals surface area contributed by atoms with Crippen molar-refractivity contribution in [3.63, 3.8) is 0 Å². The highest BCUT2D eigenvalue weighted by atomic mass is 32.2. The number of carbonyl (C=O) groups is 4. The SMILES string of the molecule is CC(=O)OC[C@H]1O[C@@H](Sc2ccc(O)cc2)[C@H](OC(C)=O)[C@@H](OC(C)=O)[C@H]1OC(C)=O. The van der Waals surface area contributed by atoms with Crippen molar-refractivity contribution in [2.24, 2.45) is 0 Å². The summed E-state index contributed by atoms with van der Waals surface area (Å²) >= 11 is 1.13. The van der Waals surface area contributed by atoms with Gasteiger partial charge in [0.05, 0.1) is 0 Å². The molecule has 5 atom stereocenters. The molecule has 0 radical (unpaired) electrons. The standard InChI is InChI=1S/C20H24O10S/c1-10(21)26-9-16-17(27-11(2)22)18(28-12(3)23)19(29-13(4)24)20(30-16)31-15-7-5-14(25)6-8-15/h5-8,16-20,25H,9H2,1-4H3/t16-,17+,18+,19-,20+/m1/s1. The normalized spacial score (nSPS) is 25.2. The van der Waals surface area contributed by atoms with Gasteiger partial charge < -0.3 is 28.8 Å². The lowest BCUT2D eigenvalue weighted by Crippen LogP contribution is -2.61. The molecule has 170 valence electrons. The number of phenols is 1. The molecule has 1 aromatic carbocycles. The van der Waals surface area contributed by atoms with Gasteiger partial charge in [-0.3, -0.25) is 19.2 Å². The fourth-order valence-electron chi connectivity index (χ4n) is 2.94. The van der Waals surface area contributed by atoms with Crippen LogP contribution in [-0.4, -0.2) is 65.4 Å². The topological polar surface area (TPSA) is 135 Å². The lowest BCUT2D eigenvalue weighted by Gasteiger charge is -2.44. The third kappa shape index (κ3) is 7.44. The molecule has 1 aliphatic heterocycles. The van der Waals surface area contributed by atoms with Crippen molar-refractivity contribution >= 4 is 35.6 Å². The minimum atomic E-state index is -1.21. The van der Waals surface area contributed by atoms with E-state index in [4.69, 9.17) is 23.7 Å². The Labute approximate surface area is 183 Å². The van der Waals surface area contributed by atoms with Gasteiger partial charge >= 0.3 is 23.9 Å². The molecule has 0 aromatic heterocycles. The Kier molecular flexibility index (Phi) is 8.69. The van der Waals surface area contributed by atoms with E-state index in [0.29, 0.717) is 4.90 Å². The predicted molar refractivity (Wildman–Crippen MR) is 106 cm³/mol. The van der Waals surface area contributed by atoms with E-state index in [-0.39, 0.29) is 12.4 Å². The molecule has 1 fully saturated rings. The zero-order valence-corrected chi connectivity index (χ0v) is 18.2. The highest BCUT2D eigenvalue weighted by Gasteiger charge is 2.52. The lowest BCUT2D eigenvalue weighted by molar-refractivity contribution is -0.237. The summed E-state index contributed by atoms with van der Waals surface area (Å²) in [5.41, 5.74) is -0.912. The van der Waals surface area contributed by atoms with Gasteiger partial charge in [0.1, 0.15) is 23.9 Å². The Morgan fingerprint density at radius 3 is 1.87 bits per heavy atom. The van der Waals surface area contributed by atoms with Crippen molar-refractivity contribution in [3.05, 3.63) is 24.3 Å². The Balaban J connectivity index is 2.43. The molecule has 1 heterocycles. The third-order valence-electron chi connectivity index (χ3n) is 4.04. The minimum Gasteiger partial charge on any atom is -0.508 e. The first-order chi connectivity index (χ1) is 14.6. The molecule has 2 rings (SSSR count). The number of ether oxygens (including phenoxy) is 5. The van der Waals surface area contributed by atoms with E-state index in [9.17, 15) is 24.3 Å². The molecule has 10 nitrogen and oxygen atoms in total. The summed E-state index contributed by atoms with van der Waals surface area (Å²) in [6.07, 6.45) is -4.55. The Morgan fingerprint density at radius 2 is 1.35 bits per heavy atom. The molecule has 0 amide bonds. The van der Waals surface area contributed by atoms with Crippen molar-refractivity contribution in [3.8, 4) is 5.75 Å². The van der Waals surface area contributed by atoms with E-state index in [1.807, 2.05) is 0 Å². The zero-order valence-electron chi connectivity index (χ0n) is 17.4. The van der Waals surface area contributed by atoms with Crippen LogP contribution in [0.25, 0.3) is 0 Å². The monoisotopic (exact) mass is 456 g/mol. The van der Waals surface area contributed by atoms with Crippen LogP contribution in [0.1, 0.15) is 27.7 Å².